The van der Waals surface area contributed by atoms with Gasteiger partial charge < -0.3 is 5.32 Å². The lowest BCUT2D eigenvalue weighted by molar-refractivity contribution is -0.137. The number of carbonyl (C=O) groups is 1. The molecule has 0 radical (unpaired) electrons. The van der Waals surface area contributed by atoms with E-state index in [4.69, 9.17) is 0 Å². The molecule has 1 aliphatic rings. The summed E-state index contributed by atoms with van der Waals surface area (Å²) in [5, 5.41) is 10.7. The lowest BCUT2D eigenvalue weighted by atomic mass is 10.0. The first-order valence-electron chi connectivity index (χ1n) is 8.79. The zero-order valence-electron chi connectivity index (χ0n) is 15.3. The molecular formula is C21H15F3N4O. The third-order valence-corrected chi connectivity index (χ3v) is 4.47. The second kappa shape index (κ2) is 7.12. The van der Waals surface area contributed by atoms with Crippen LogP contribution in [0.3, 0.4) is 0 Å². The van der Waals surface area contributed by atoms with Gasteiger partial charge in [0.15, 0.2) is 0 Å². The van der Waals surface area contributed by atoms with E-state index in [9.17, 15) is 18.0 Å². The van der Waals surface area contributed by atoms with E-state index in [2.05, 4.69) is 20.5 Å². The van der Waals surface area contributed by atoms with Crippen LogP contribution < -0.4 is 5.32 Å². The standard InChI is InChI=1S/C21H15F3N4O/c1-12-5-7-16(28-27-12)13-3-2-4-14(9-13)18-11-20(29)26-19-10-15(21(22,23)24)6-8-17(19)25-18/h2-10H,11H2,1H3,(H,26,29). The number of hydrogen-bond acceptors (Lipinski definition) is 4. The summed E-state index contributed by atoms with van der Waals surface area (Å²) in [4.78, 5) is 16.7. The van der Waals surface area contributed by atoms with Crippen LogP contribution in [0.1, 0.15) is 23.2 Å². The highest BCUT2D eigenvalue weighted by Crippen LogP contribution is 2.36. The molecule has 8 heteroatoms. The van der Waals surface area contributed by atoms with Crippen LogP contribution in [-0.4, -0.2) is 21.8 Å². The molecule has 0 saturated carbocycles. The Morgan fingerprint density at radius 2 is 1.76 bits per heavy atom. The minimum atomic E-state index is -4.50. The maximum atomic E-state index is 13.0. The fourth-order valence-electron chi connectivity index (χ4n) is 3.02. The molecule has 0 atom stereocenters. The predicted octanol–water partition coefficient (Wildman–Crippen LogP) is 4.93. The van der Waals surface area contributed by atoms with Gasteiger partial charge in [0.05, 0.1) is 40.5 Å². The van der Waals surface area contributed by atoms with Crippen molar-refractivity contribution in [2.75, 3.05) is 5.32 Å². The van der Waals surface area contributed by atoms with Crippen LogP contribution in [0.2, 0.25) is 0 Å². The number of anilines is 1. The molecule has 29 heavy (non-hydrogen) atoms. The summed E-state index contributed by atoms with van der Waals surface area (Å²) in [5.74, 6) is -0.428. The minimum absolute atomic E-state index is 0.0420. The Morgan fingerprint density at radius 3 is 2.48 bits per heavy atom. The van der Waals surface area contributed by atoms with Crippen molar-refractivity contribution in [1.29, 1.82) is 0 Å². The van der Waals surface area contributed by atoms with Gasteiger partial charge in [0, 0.05) is 5.56 Å². The van der Waals surface area contributed by atoms with Crippen LogP contribution in [0, 0.1) is 6.92 Å². The van der Waals surface area contributed by atoms with Crippen LogP contribution in [-0.2, 0) is 11.0 Å². The average Bonchev–Trinajstić information content (AvgIpc) is 2.85. The number of aromatic nitrogens is 2. The molecule has 2 heterocycles. The number of aryl methyl sites for hydroxylation is 1. The van der Waals surface area contributed by atoms with Crippen LogP contribution in [0.15, 0.2) is 59.6 Å². The van der Waals surface area contributed by atoms with Crippen LogP contribution in [0.5, 0.6) is 0 Å². The second-order valence-corrected chi connectivity index (χ2v) is 6.65. The summed E-state index contributed by atoms with van der Waals surface area (Å²) < 4.78 is 38.9. The number of halogens is 3. The Morgan fingerprint density at radius 1 is 0.966 bits per heavy atom. The molecular weight excluding hydrogens is 381 g/mol. The lowest BCUT2D eigenvalue weighted by Gasteiger charge is -2.10. The first-order chi connectivity index (χ1) is 13.8. The van der Waals surface area contributed by atoms with Crippen molar-refractivity contribution >= 4 is 23.0 Å². The van der Waals surface area contributed by atoms with Gasteiger partial charge in [0.25, 0.3) is 0 Å². The minimum Gasteiger partial charge on any atom is -0.324 e. The van der Waals surface area contributed by atoms with Crippen molar-refractivity contribution in [3.63, 3.8) is 0 Å². The molecule has 4 rings (SSSR count). The Labute approximate surface area is 164 Å². The normalized spacial score (nSPS) is 13.9. The topological polar surface area (TPSA) is 67.2 Å². The molecule has 1 aliphatic heterocycles. The van der Waals surface area contributed by atoms with E-state index in [1.807, 2.05) is 37.3 Å². The number of rotatable bonds is 2. The fourth-order valence-corrected chi connectivity index (χ4v) is 3.02. The summed E-state index contributed by atoms with van der Waals surface area (Å²) in [6, 6.07) is 14.1. The van der Waals surface area contributed by atoms with Gasteiger partial charge in [-0.25, -0.2) is 0 Å². The van der Waals surface area contributed by atoms with Crippen molar-refractivity contribution in [3.05, 3.63) is 71.4 Å². The van der Waals surface area contributed by atoms with Crippen LogP contribution in [0.25, 0.3) is 11.3 Å². The highest BCUT2D eigenvalue weighted by atomic mass is 19.4. The average molecular weight is 396 g/mol. The van der Waals surface area contributed by atoms with E-state index in [1.54, 1.807) is 6.07 Å². The highest BCUT2D eigenvalue weighted by molar-refractivity contribution is 6.17. The van der Waals surface area contributed by atoms with Crippen LogP contribution >= 0.6 is 0 Å². The van der Waals surface area contributed by atoms with Crippen molar-refractivity contribution in [1.82, 2.24) is 10.2 Å². The quantitative estimate of drug-likeness (QED) is 0.668. The Balaban J connectivity index is 1.75. The maximum Gasteiger partial charge on any atom is 0.416 e. The second-order valence-electron chi connectivity index (χ2n) is 6.65. The van der Waals surface area contributed by atoms with Gasteiger partial charge in [-0.2, -0.15) is 23.4 Å². The zero-order chi connectivity index (χ0) is 20.6. The van der Waals surface area contributed by atoms with E-state index in [0.717, 1.165) is 23.4 Å². The van der Waals surface area contributed by atoms with Gasteiger partial charge in [-0.05, 0) is 48.9 Å². The summed E-state index contributed by atoms with van der Waals surface area (Å²) in [6.45, 7) is 1.84. The lowest BCUT2D eigenvalue weighted by Crippen LogP contribution is -2.15. The molecule has 3 aromatic rings. The third-order valence-electron chi connectivity index (χ3n) is 4.47. The van der Waals surface area contributed by atoms with Gasteiger partial charge in [0.2, 0.25) is 5.91 Å². The van der Waals surface area contributed by atoms with E-state index in [1.165, 1.54) is 6.07 Å². The molecule has 0 spiro atoms. The van der Waals surface area contributed by atoms with Crippen molar-refractivity contribution in [2.24, 2.45) is 4.99 Å². The third kappa shape index (κ3) is 4.01. The largest absolute Gasteiger partial charge is 0.416 e. The Bertz CT molecular complexity index is 1120. The molecule has 2 aromatic carbocycles. The summed E-state index contributed by atoms with van der Waals surface area (Å²) in [7, 11) is 0. The molecule has 0 saturated heterocycles. The first-order valence-corrected chi connectivity index (χ1v) is 8.79. The summed E-state index contributed by atoms with van der Waals surface area (Å²) in [6.07, 6.45) is -4.55. The van der Waals surface area contributed by atoms with Gasteiger partial charge in [-0.1, -0.05) is 18.2 Å². The first kappa shape index (κ1) is 18.8. The van der Waals surface area contributed by atoms with Crippen molar-refractivity contribution in [2.45, 2.75) is 19.5 Å². The predicted molar refractivity (Wildman–Crippen MR) is 103 cm³/mol. The molecule has 0 unspecified atom stereocenters. The maximum absolute atomic E-state index is 13.0. The Hall–Kier alpha value is -3.55. The molecule has 1 amide bonds. The number of benzene rings is 2. The Kier molecular flexibility index (Phi) is 4.62. The number of carbonyl (C=O) groups excluding carboxylic acids is 1. The van der Waals surface area contributed by atoms with Crippen LogP contribution in [0.4, 0.5) is 24.5 Å². The summed E-state index contributed by atoms with van der Waals surface area (Å²) >= 11 is 0. The number of hydrogen-bond donors (Lipinski definition) is 1. The molecule has 146 valence electrons. The van der Waals surface area contributed by atoms with E-state index >= 15 is 0 Å². The van der Waals surface area contributed by atoms with E-state index in [0.29, 0.717) is 17.0 Å². The summed E-state index contributed by atoms with van der Waals surface area (Å²) in [5.41, 5.74) is 2.90. The number of nitrogens with zero attached hydrogens (tertiary/aromatic N) is 3. The fraction of sp³-hybridized carbons (Fsp3) is 0.143. The molecule has 0 aliphatic carbocycles. The number of nitrogens with one attached hydrogen (secondary N) is 1. The van der Waals surface area contributed by atoms with Crippen molar-refractivity contribution in [3.8, 4) is 11.3 Å². The molecule has 1 N–H and O–H groups in total. The molecule has 5 nitrogen and oxygen atoms in total. The monoisotopic (exact) mass is 396 g/mol. The number of amides is 1. The van der Waals surface area contributed by atoms with Crippen molar-refractivity contribution < 1.29 is 18.0 Å². The van der Waals surface area contributed by atoms with E-state index < -0.39 is 17.6 Å². The van der Waals surface area contributed by atoms with Gasteiger partial charge >= 0.3 is 6.18 Å². The highest BCUT2D eigenvalue weighted by Gasteiger charge is 2.31. The number of fused-ring (bicyclic) bond motifs is 1. The zero-order valence-corrected chi connectivity index (χ0v) is 15.3. The van der Waals surface area contributed by atoms with Gasteiger partial charge in [0.1, 0.15) is 0 Å². The smallest absolute Gasteiger partial charge is 0.324 e. The number of alkyl halides is 3. The molecule has 1 aromatic heterocycles. The molecule has 0 bridgehead atoms. The van der Waals surface area contributed by atoms with E-state index in [-0.39, 0.29) is 17.8 Å². The van der Waals surface area contributed by atoms with Gasteiger partial charge in [-0.15, -0.1) is 0 Å². The number of aliphatic imine (C=N–C) groups is 1. The SMILES string of the molecule is Cc1ccc(-c2cccc(C3=Nc4ccc(C(F)(F)F)cc4NC(=O)C3)c2)nn1. The van der Waals surface area contributed by atoms with Gasteiger partial charge in [-0.3, -0.25) is 9.79 Å². The molecule has 0 fully saturated rings.